The summed E-state index contributed by atoms with van der Waals surface area (Å²) in [7, 11) is 0. The maximum absolute atomic E-state index is 5.71. The van der Waals surface area contributed by atoms with Crippen molar-refractivity contribution in [3.05, 3.63) is 22.4 Å². The van der Waals surface area contributed by atoms with Gasteiger partial charge in [0, 0.05) is 12.6 Å². The predicted octanol–water partition coefficient (Wildman–Crippen LogP) is 3.47. The molecule has 1 N–H and O–H groups in total. The van der Waals surface area contributed by atoms with E-state index in [1.807, 2.05) is 0 Å². The van der Waals surface area contributed by atoms with Gasteiger partial charge in [0.25, 0.3) is 0 Å². The Morgan fingerprint density at radius 1 is 1.41 bits per heavy atom. The van der Waals surface area contributed by atoms with E-state index >= 15 is 0 Å². The highest BCUT2D eigenvalue weighted by atomic mass is 32.1. The Morgan fingerprint density at radius 2 is 2.24 bits per heavy atom. The van der Waals surface area contributed by atoms with Crippen molar-refractivity contribution in [2.24, 2.45) is 0 Å². The smallest absolute Gasteiger partial charge is 0.0699 e. The van der Waals surface area contributed by atoms with Crippen LogP contribution in [0.25, 0.3) is 0 Å². The van der Waals surface area contributed by atoms with Crippen LogP contribution in [0.15, 0.2) is 16.8 Å². The lowest BCUT2D eigenvalue weighted by Crippen LogP contribution is -2.40. The summed E-state index contributed by atoms with van der Waals surface area (Å²) in [4.78, 5) is 0. The van der Waals surface area contributed by atoms with E-state index in [0.717, 1.165) is 26.0 Å². The SMILES string of the molecule is CCCNC(CCc1ccsc1)C(C)OCC. The summed E-state index contributed by atoms with van der Waals surface area (Å²) in [6, 6.07) is 2.68. The standard InChI is InChI=1S/C14H25NOS/c1-4-9-15-14(12(3)16-5-2)7-6-13-8-10-17-11-13/h8,10-12,14-15H,4-7,9H2,1-3H3. The van der Waals surface area contributed by atoms with E-state index in [9.17, 15) is 0 Å². The van der Waals surface area contributed by atoms with Gasteiger partial charge in [-0.1, -0.05) is 6.92 Å². The normalized spacial score (nSPS) is 14.8. The van der Waals surface area contributed by atoms with E-state index in [1.54, 1.807) is 11.3 Å². The average molecular weight is 255 g/mol. The molecule has 0 radical (unpaired) electrons. The van der Waals surface area contributed by atoms with Crippen LogP contribution >= 0.6 is 11.3 Å². The van der Waals surface area contributed by atoms with Crippen LogP contribution in [0.3, 0.4) is 0 Å². The summed E-state index contributed by atoms with van der Waals surface area (Å²) >= 11 is 1.78. The molecular formula is C14H25NOS. The number of hydrogen-bond donors (Lipinski definition) is 1. The first-order valence-electron chi connectivity index (χ1n) is 6.64. The highest BCUT2D eigenvalue weighted by Gasteiger charge is 2.16. The molecule has 1 rings (SSSR count). The van der Waals surface area contributed by atoms with Crippen LogP contribution in [0.4, 0.5) is 0 Å². The molecule has 0 amide bonds. The summed E-state index contributed by atoms with van der Waals surface area (Å²) in [5.74, 6) is 0. The minimum absolute atomic E-state index is 0.296. The fourth-order valence-corrected chi connectivity index (χ4v) is 2.67. The summed E-state index contributed by atoms with van der Waals surface area (Å²) in [5.41, 5.74) is 1.45. The highest BCUT2D eigenvalue weighted by Crippen LogP contribution is 2.12. The maximum Gasteiger partial charge on any atom is 0.0699 e. The van der Waals surface area contributed by atoms with E-state index in [1.165, 1.54) is 12.0 Å². The third-order valence-corrected chi connectivity index (χ3v) is 3.71. The molecule has 0 spiro atoms. The van der Waals surface area contributed by atoms with E-state index in [-0.39, 0.29) is 0 Å². The second-order valence-electron chi connectivity index (χ2n) is 4.39. The average Bonchev–Trinajstić information content (AvgIpc) is 2.82. The Hall–Kier alpha value is -0.380. The van der Waals surface area contributed by atoms with Crippen molar-refractivity contribution in [1.29, 1.82) is 0 Å². The summed E-state index contributed by atoms with van der Waals surface area (Å²) in [6.45, 7) is 8.31. The number of nitrogens with one attached hydrogen (secondary N) is 1. The molecule has 0 bridgehead atoms. The molecule has 1 heterocycles. The Kier molecular flexibility index (Phi) is 7.49. The minimum atomic E-state index is 0.296. The number of hydrogen-bond acceptors (Lipinski definition) is 3. The zero-order valence-electron chi connectivity index (χ0n) is 11.2. The van der Waals surface area contributed by atoms with Crippen molar-refractivity contribution in [2.45, 2.75) is 52.2 Å². The van der Waals surface area contributed by atoms with E-state index in [4.69, 9.17) is 4.74 Å². The highest BCUT2D eigenvalue weighted by molar-refractivity contribution is 7.07. The summed E-state index contributed by atoms with van der Waals surface area (Å²) in [5, 5.41) is 7.98. The fraction of sp³-hybridized carbons (Fsp3) is 0.714. The Balaban J connectivity index is 2.39. The lowest BCUT2D eigenvalue weighted by atomic mass is 10.0. The van der Waals surface area contributed by atoms with Crippen molar-refractivity contribution in [2.75, 3.05) is 13.2 Å². The molecule has 0 aromatic carbocycles. The van der Waals surface area contributed by atoms with Crippen LogP contribution in [-0.4, -0.2) is 25.3 Å². The molecule has 0 saturated carbocycles. The second kappa shape index (κ2) is 8.67. The van der Waals surface area contributed by atoms with Gasteiger partial charge in [-0.15, -0.1) is 0 Å². The molecule has 2 atom stereocenters. The first kappa shape index (κ1) is 14.7. The van der Waals surface area contributed by atoms with Gasteiger partial charge in [0.1, 0.15) is 0 Å². The first-order chi connectivity index (χ1) is 8.27. The number of rotatable bonds is 9. The molecule has 0 aliphatic heterocycles. The quantitative estimate of drug-likeness (QED) is 0.729. The largest absolute Gasteiger partial charge is 0.377 e. The molecule has 0 aliphatic carbocycles. The third-order valence-electron chi connectivity index (χ3n) is 2.98. The molecule has 98 valence electrons. The van der Waals surface area contributed by atoms with E-state index in [0.29, 0.717) is 12.1 Å². The van der Waals surface area contributed by atoms with Gasteiger partial charge in [0.15, 0.2) is 0 Å². The van der Waals surface area contributed by atoms with Gasteiger partial charge in [0.05, 0.1) is 6.10 Å². The van der Waals surface area contributed by atoms with Crippen LogP contribution in [0, 0.1) is 0 Å². The van der Waals surface area contributed by atoms with Crippen molar-refractivity contribution in [3.63, 3.8) is 0 Å². The Bertz CT molecular complexity index is 274. The molecule has 1 aromatic rings. The van der Waals surface area contributed by atoms with Crippen LogP contribution in [-0.2, 0) is 11.2 Å². The third kappa shape index (κ3) is 5.66. The Labute approximate surface area is 109 Å². The van der Waals surface area contributed by atoms with Gasteiger partial charge in [-0.05, 0) is 62.0 Å². The molecular weight excluding hydrogens is 230 g/mol. The molecule has 0 aliphatic rings. The molecule has 2 nitrogen and oxygen atoms in total. The summed E-state index contributed by atoms with van der Waals surface area (Å²) in [6.07, 6.45) is 3.76. The van der Waals surface area contributed by atoms with Gasteiger partial charge < -0.3 is 10.1 Å². The molecule has 2 unspecified atom stereocenters. The number of thiophene rings is 1. The fourth-order valence-electron chi connectivity index (χ4n) is 1.97. The topological polar surface area (TPSA) is 21.3 Å². The van der Waals surface area contributed by atoms with Crippen molar-refractivity contribution < 1.29 is 4.74 Å². The van der Waals surface area contributed by atoms with Gasteiger partial charge in [-0.2, -0.15) is 11.3 Å². The monoisotopic (exact) mass is 255 g/mol. The van der Waals surface area contributed by atoms with Gasteiger partial charge >= 0.3 is 0 Å². The molecule has 3 heteroatoms. The molecule has 0 saturated heterocycles. The molecule has 1 aromatic heterocycles. The van der Waals surface area contributed by atoms with Crippen LogP contribution in [0.5, 0.6) is 0 Å². The zero-order valence-corrected chi connectivity index (χ0v) is 12.1. The summed E-state index contributed by atoms with van der Waals surface area (Å²) < 4.78 is 5.71. The lowest BCUT2D eigenvalue weighted by Gasteiger charge is -2.25. The lowest BCUT2D eigenvalue weighted by molar-refractivity contribution is 0.0453. The predicted molar refractivity (Wildman–Crippen MR) is 75.8 cm³/mol. The van der Waals surface area contributed by atoms with Gasteiger partial charge in [0.2, 0.25) is 0 Å². The van der Waals surface area contributed by atoms with Crippen LogP contribution in [0.2, 0.25) is 0 Å². The van der Waals surface area contributed by atoms with Crippen molar-refractivity contribution >= 4 is 11.3 Å². The molecule has 0 fully saturated rings. The first-order valence-corrected chi connectivity index (χ1v) is 7.58. The second-order valence-corrected chi connectivity index (χ2v) is 5.17. The number of aryl methyl sites for hydroxylation is 1. The number of ether oxygens (including phenoxy) is 1. The maximum atomic E-state index is 5.71. The van der Waals surface area contributed by atoms with E-state index in [2.05, 4.69) is 42.9 Å². The minimum Gasteiger partial charge on any atom is -0.377 e. The van der Waals surface area contributed by atoms with Gasteiger partial charge in [-0.25, -0.2) is 0 Å². The molecule has 17 heavy (non-hydrogen) atoms. The Morgan fingerprint density at radius 3 is 2.82 bits per heavy atom. The van der Waals surface area contributed by atoms with E-state index < -0.39 is 0 Å². The van der Waals surface area contributed by atoms with Crippen molar-refractivity contribution in [3.8, 4) is 0 Å². The van der Waals surface area contributed by atoms with Crippen LogP contribution in [0.1, 0.15) is 39.2 Å². The van der Waals surface area contributed by atoms with Gasteiger partial charge in [-0.3, -0.25) is 0 Å². The van der Waals surface area contributed by atoms with Crippen LogP contribution < -0.4 is 5.32 Å². The zero-order chi connectivity index (χ0) is 12.5. The van der Waals surface area contributed by atoms with Crippen molar-refractivity contribution in [1.82, 2.24) is 5.32 Å².